The standard InChI is InChI=1S/C17H24N4OS/c1-19(11-5-8-14-6-3-2-4-7-14)13-20-17(23)21(15-9-10-15)16(12-22)18-20/h2-4,6-7,15,22H,5,8-13H2,1H3. The molecule has 0 amide bonds. The maximum atomic E-state index is 9.48. The fraction of sp³-hybridized carbons (Fsp3) is 0.529. The lowest BCUT2D eigenvalue weighted by molar-refractivity contribution is 0.242. The second kappa shape index (κ2) is 7.38. The lowest BCUT2D eigenvalue weighted by Gasteiger charge is -2.16. The molecule has 1 heterocycles. The van der Waals surface area contributed by atoms with Crippen LogP contribution in [0.15, 0.2) is 30.3 Å². The van der Waals surface area contributed by atoms with Crippen LogP contribution < -0.4 is 0 Å². The summed E-state index contributed by atoms with van der Waals surface area (Å²) in [5.41, 5.74) is 1.37. The molecular formula is C17H24N4OS. The molecule has 0 unspecified atom stereocenters. The smallest absolute Gasteiger partial charge is 0.199 e. The van der Waals surface area contributed by atoms with E-state index in [1.54, 1.807) is 0 Å². The van der Waals surface area contributed by atoms with E-state index in [-0.39, 0.29) is 6.61 Å². The van der Waals surface area contributed by atoms with Gasteiger partial charge in [-0.25, -0.2) is 4.68 Å². The van der Waals surface area contributed by atoms with E-state index >= 15 is 0 Å². The molecule has 23 heavy (non-hydrogen) atoms. The summed E-state index contributed by atoms with van der Waals surface area (Å²) in [4.78, 5) is 2.23. The largest absolute Gasteiger partial charge is 0.388 e. The van der Waals surface area contributed by atoms with Crippen LogP contribution in [0.3, 0.4) is 0 Å². The quantitative estimate of drug-likeness (QED) is 0.755. The van der Waals surface area contributed by atoms with Crippen molar-refractivity contribution in [2.24, 2.45) is 0 Å². The van der Waals surface area contributed by atoms with Gasteiger partial charge in [0.1, 0.15) is 6.61 Å². The van der Waals surface area contributed by atoms with Gasteiger partial charge in [-0.15, -0.1) is 0 Å². The van der Waals surface area contributed by atoms with E-state index in [1.165, 1.54) is 5.56 Å². The maximum absolute atomic E-state index is 9.48. The number of hydrogen-bond donors (Lipinski definition) is 1. The minimum Gasteiger partial charge on any atom is -0.388 e. The van der Waals surface area contributed by atoms with E-state index in [0.717, 1.165) is 37.0 Å². The third-order valence-electron chi connectivity index (χ3n) is 4.22. The van der Waals surface area contributed by atoms with Crippen LogP contribution in [0.1, 0.15) is 36.7 Å². The monoisotopic (exact) mass is 332 g/mol. The molecular weight excluding hydrogens is 308 g/mol. The highest BCUT2D eigenvalue weighted by molar-refractivity contribution is 7.71. The molecule has 1 aliphatic carbocycles. The van der Waals surface area contributed by atoms with Crippen molar-refractivity contribution >= 4 is 12.2 Å². The van der Waals surface area contributed by atoms with Gasteiger partial charge in [-0.1, -0.05) is 30.3 Å². The van der Waals surface area contributed by atoms with Crippen molar-refractivity contribution in [2.75, 3.05) is 13.6 Å². The summed E-state index contributed by atoms with van der Waals surface area (Å²) in [6, 6.07) is 11.0. The van der Waals surface area contributed by atoms with Crippen LogP contribution in [0.4, 0.5) is 0 Å². The zero-order chi connectivity index (χ0) is 16.2. The molecule has 1 fully saturated rings. The highest BCUT2D eigenvalue weighted by atomic mass is 32.1. The average Bonchev–Trinajstić information content (AvgIpc) is 3.34. The number of aromatic nitrogens is 3. The molecule has 0 bridgehead atoms. The number of nitrogens with zero attached hydrogens (tertiary/aromatic N) is 4. The summed E-state index contributed by atoms with van der Waals surface area (Å²) >= 11 is 5.53. The molecule has 1 aliphatic rings. The topological polar surface area (TPSA) is 46.2 Å². The van der Waals surface area contributed by atoms with Crippen molar-refractivity contribution < 1.29 is 5.11 Å². The predicted molar refractivity (Wildman–Crippen MR) is 92.6 cm³/mol. The molecule has 5 nitrogen and oxygen atoms in total. The van der Waals surface area contributed by atoms with Crippen LogP contribution >= 0.6 is 12.2 Å². The van der Waals surface area contributed by atoms with E-state index in [0.29, 0.717) is 18.5 Å². The Hall–Kier alpha value is -1.50. The number of rotatable bonds is 8. The van der Waals surface area contributed by atoms with Crippen LogP contribution in [0.2, 0.25) is 0 Å². The molecule has 1 N–H and O–H groups in total. The third kappa shape index (κ3) is 4.07. The first-order valence-corrected chi connectivity index (χ1v) is 8.61. The van der Waals surface area contributed by atoms with Gasteiger partial charge in [-0.2, -0.15) is 5.10 Å². The highest BCUT2D eigenvalue weighted by Crippen LogP contribution is 2.36. The van der Waals surface area contributed by atoms with Gasteiger partial charge in [0.25, 0.3) is 0 Å². The Morgan fingerprint density at radius 2 is 2.04 bits per heavy atom. The fourth-order valence-electron chi connectivity index (χ4n) is 2.86. The molecule has 6 heteroatoms. The van der Waals surface area contributed by atoms with E-state index < -0.39 is 0 Å². The molecule has 0 aliphatic heterocycles. The molecule has 0 radical (unpaired) electrons. The summed E-state index contributed by atoms with van der Waals surface area (Å²) in [5.74, 6) is 0.690. The molecule has 124 valence electrons. The predicted octanol–water partition coefficient (Wildman–Crippen LogP) is 2.76. The van der Waals surface area contributed by atoms with Gasteiger partial charge in [-0.3, -0.25) is 9.47 Å². The average molecular weight is 332 g/mol. The number of aliphatic hydroxyl groups excluding tert-OH is 1. The minimum atomic E-state index is -0.0507. The molecule has 1 aromatic heterocycles. The van der Waals surface area contributed by atoms with E-state index in [9.17, 15) is 5.11 Å². The Labute approximate surface area is 142 Å². The highest BCUT2D eigenvalue weighted by Gasteiger charge is 2.28. The maximum Gasteiger partial charge on any atom is 0.199 e. The zero-order valence-corrected chi connectivity index (χ0v) is 14.4. The van der Waals surface area contributed by atoms with Crippen LogP contribution in [-0.4, -0.2) is 37.9 Å². The van der Waals surface area contributed by atoms with Crippen molar-refractivity contribution in [3.05, 3.63) is 46.5 Å². The second-order valence-electron chi connectivity index (χ2n) is 6.27. The summed E-state index contributed by atoms with van der Waals surface area (Å²) < 4.78 is 4.58. The molecule has 0 spiro atoms. The minimum absolute atomic E-state index is 0.0507. The van der Waals surface area contributed by atoms with E-state index in [1.807, 2.05) is 15.3 Å². The summed E-state index contributed by atoms with van der Waals surface area (Å²) in [5, 5.41) is 14.0. The molecule has 2 aromatic rings. The third-order valence-corrected chi connectivity index (χ3v) is 4.63. The Kier molecular flexibility index (Phi) is 5.25. The first-order valence-electron chi connectivity index (χ1n) is 8.20. The van der Waals surface area contributed by atoms with Crippen LogP contribution in [0.5, 0.6) is 0 Å². The van der Waals surface area contributed by atoms with Gasteiger partial charge >= 0.3 is 0 Å². The molecule has 0 saturated heterocycles. The Morgan fingerprint density at radius 1 is 1.30 bits per heavy atom. The van der Waals surface area contributed by atoms with Gasteiger partial charge in [0.15, 0.2) is 10.6 Å². The van der Waals surface area contributed by atoms with Gasteiger partial charge in [0.05, 0.1) is 6.67 Å². The van der Waals surface area contributed by atoms with Crippen molar-refractivity contribution in [1.82, 2.24) is 19.2 Å². The second-order valence-corrected chi connectivity index (χ2v) is 6.63. The lowest BCUT2D eigenvalue weighted by Crippen LogP contribution is -2.24. The Bertz CT molecular complexity index is 690. The van der Waals surface area contributed by atoms with Crippen LogP contribution in [0, 0.1) is 4.77 Å². The number of benzene rings is 1. The Morgan fingerprint density at radius 3 is 2.70 bits per heavy atom. The summed E-state index contributed by atoms with van der Waals surface area (Å²) in [6.45, 7) is 1.60. The molecule has 1 saturated carbocycles. The summed E-state index contributed by atoms with van der Waals surface area (Å²) in [7, 11) is 2.08. The molecule has 1 aromatic carbocycles. The van der Waals surface area contributed by atoms with E-state index in [4.69, 9.17) is 12.2 Å². The molecule has 0 atom stereocenters. The van der Waals surface area contributed by atoms with Gasteiger partial charge in [0.2, 0.25) is 0 Å². The van der Waals surface area contributed by atoms with Crippen molar-refractivity contribution in [3.8, 4) is 0 Å². The van der Waals surface area contributed by atoms with Crippen molar-refractivity contribution in [3.63, 3.8) is 0 Å². The van der Waals surface area contributed by atoms with E-state index in [2.05, 4.69) is 41.3 Å². The first-order chi connectivity index (χ1) is 11.2. The normalized spacial score (nSPS) is 14.6. The Balaban J connectivity index is 1.55. The number of aliphatic hydroxyl groups is 1. The number of aryl methyl sites for hydroxylation is 1. The number of hydrogen-bond acceptors (Lipinski definition) is 4. The van der Waals surface area contributed by atoms with Crippen molar-refractivity contribution in [2.45, 2.75) is 45.0 Å². The van der Waals surface area contributed by atoms with Gasteiger partial charge in [-0.05, 0) is 57.1 Å². The fourth-order valence-corrected chi connectivity index (χ4v) is 3.21. The summed E-state index contributed by atoms with van der Waals surface area (Å²) in [6.07, 6.45) is 4.46. The SMILES string of the molecule is CN(CCCc1ccccc1)Cn1nc(CO)n(C2CC2)c1=S. The van der Waals surface area contributed by atoms with Crippen molar-refractivity contribution in [1.29, 1.82) is 0 Å². The van der Waals surface area contributed by atoms with Gasteiger partial charge < -0.3 is 5.11 Å². The van der Waals surface area contributed by atoms with Crippen LogP contribution in [0.25, 0.3) is 0 Å². The first kappa shape index (κ1) is 16.4. The molecule has 3 rings (SSSR count). The van der Waals surface area contributed by atoms with Crippen LogP contribution in [-0.2, 0) is 19.7 Å². The lowest BCUT2D eigenvalue weighted by atomic mass is 10.1. The van der Waals surface area contributed by atoms with Gasteiger partial charge in [0, 0.05) is 6.04 Å². The zero-order valence-electron chi connectivity index (χ0n) is 13.6.